The minimum Gasteiger partial charge on any atom is -0.505 e. The van der Waals surface area contributed by atoms with Crippen LogP contribution in [0.4, 0.5) is 10.5 Å². The van der Waals surface area contributed by atoms with Crippen LogP contribution < -0.4 is 26.6 Å². The number of nitrogens with two attached hydrogens (primary N) is 1. The van der Waals surface area contributed by atoms with Crippen LogP contribution in [0.2, 0.25) is 0 Å². The Morgan fingerprint density at radius 1 is 1.21 bits per heavy atom. The zero-order valence-electron chi connectivity index (χ0n) is 21.1. The summed E-state index contributed by atoms with van der Waals surface area (Å²) in [6.07, 6.45) is 0.360. The fourth-order valence-electron chi connectivity index (χ4n) is 4.25. The maximum atomic E-state index is 12.9. The van der Waals surface area contributed by atoms with Gasteiger partial charge in [0.2, 0.25) is 5.91 Å². The average molecular weight is 536 g/mol. The number of carbonyl (C=O) groups is 4. The number of aromatic amines is 1. The third-order valence-electron chi connectivity index (χ3n) is 6.25. The van der Waals surface area contributed by atoms with Crippen molar-refractivity contribution in [2.45, 2.75) is 25.4 Å². The van der Waals surface area contributed by atoms with Crippen molar-refractivity contribution >= 4 is 46.2 Å². The van der Waals surface area contributed by atoms with Gasteiger partial charge in [-0.1, -0.05) is 12.1 Å². The van der Waals surface area contributed by atoms with Crippen LogP contribution in [0, 0.1) is 5.41 Å². The van der Waals surface area contributed by atoms with Crippen LogP contribution in [0.3, 0.4) is 0 Å². The quantitative estimate of drug-likeness (QED) is 0.120. The van der Waals surface area contributed by atoms with Gasteiger partial charge in [0.05, 0.1) is 13.2 Å². The van der Waals surface area contributed by atoms with E-state index in [1.54, 1.807) is 55.5 Å². The van der Waals surface area contributed by atoms with Gasteiger partial charge in [0.15, 0.2) is 5.75 Å². The number of amides is 4. The lowest BCUT2D eigenvalue weighted by Gasteiger charge is -2.19. The Bertz CT molecular complexity index is 1420. The van der Waals surface area contributed by atoms with Crippen LogP contribution in [0.1, 0.15) is 29.4 Å². The number of hydrogen-bond acceptors (Lipinski definition) is 7. The van der Waals surface area contributed by atoms with E-state index in [9.17, 15) is 24.3 Å². The number of hydrogen-bond donors (Lipinski definition) is 7. The second kappa shape index (κ2) is 11.5. The first-order valence-corrected chi connectivity index (χ1v) is 12.3. The van der Waals surface area contributed by atoms with Crippen molar-refractivity contribution in [2.24, 2.45) is 5.73 Å². The number of carbonyl (C=O) groups excluding carboxylic acids is 4. The molecule has 4 rings (SSSR count). The van der Waals surface area contributed by atoms with Gasteiger partial charge in [-0.2, -0.15) is 0 Å². The van der Waals surface area contributed by atoms with Gasteiger partial charge in [0.1, 0.15) is 23.6 Å². The van der Waals surface area contributed by atoms with Crippen molar-refractivity contribution in [2.75, 3.05) is 24.6 Å². The zero-order chi connectivity index (χ0) is 28.1. The van der Waals surface area contributed by atoms with E-state index in [4.69, 9.17) is 15.9 Å². The number of urea groups is 1. The highest BCUT2D eigenvalue weighted by molar-refractivity contribution is 6.04. The van der Waals surface area contributed by atoms with Crippen LogP contribution in [-0.4, -0.2) is 71.5 Å². The lowest BCUT2D eigenvalue weighted by atomic mass is 10.2. The lowest BCUT2D eigenvalue weighted by Crippen LogP contribution is -2.53. The van der Waals surface area contributed by atoms with E-state index in [-0.39, 0.29) is 36.3 Å². The van der Waals surface area contributed by atoms with E-state index in [1.165, 1.54) is 4.90 Å². The Labute approximate surface area is 223 Å². The number of amidine groups is 1. The number of aromatic nitrogens is 1. The summed E-state index contributed by atoms with van der Waals surface area (Å²) >= 11 is 0. The number of para-hydroxylation sites is 1. The molecule has 1 aliphatic heterocycles. The number of H-pyrrole nitrogens is 1. The average Bonchev–Trinajstić information content (AvgIpc) is 3.46. The minimum absolute atomic E-state index is 0.0504. The van der Waals surface area contributed by atoms with Gasteiger partial charge >= 0.3 is 12.0 Å². The number of aromatic hydroxyl groups is 1. The Morgan fingerprint density at radius 2 is 1.92 bits per heavy atom. The Balaban J connectivity index is 1.36. The lowest BCUT2D eigenvalue weighted by molar-refractivity contribution is -0.145. The molecule has 1 unspecified atom stereocenters. The zero-order valence-corrected chi connectivity index (χ0v) is 21.1. The number of esters is 1. The molecule has 2 atom stereocenters. The van der Waals surface area contributed by atoms with Gasteiger partial charge in [-0.05, 0) is 49.7 Å². The predicted octanol–water partition coefficient (Wildman–Crippen LogP) is 0.924. The number of nitrogens with zero attached hydrogens (tertiary/aromatic N) is 1. The van der Waals surface area contributed by atoms with Crippen LogP contribution in [-0.2, 0) is 14.3 Å². The second-order valence-corrected chi connectivity index (χ2v) is 8.82. The van der Waals surface area contributed by atoms with Crippen LogP contribution >= 0.6 is 0 Å². The smallest absolute Gasteiger partial charge is 0.330 e. The highest BCUT2D eigenvalue weighted by atomic mass is 16.5. The van der Waals surface area contributed by atoms with E-state index >= 15 is 0 Å². The number of fused-ring (bicyclic) bond motifs is 1. The normalized spacial score (nSPS) is 15.6. The standard InChI is InChI=1S/C26H29N7O6/c1-2-39-25(37)19(31-23(35)20-21(34)16-5-3-4-6-17(16)30-20)13-29-26(38)32-18-11-12-33(24(18)36)15-9-7-14(8-10-15)22(27)28/h3-10,18-19,30,34H,2,11-13H2,1H3,(H3,27,28)(H,31,35)(H2,29,32,38)/t18?,19-/m0/s1. The van der Waals surface area contributed by atoms with Crippen molar-refractivity contribution in [3.8, 4) is 5.75 Å². The van der Waals surface area contributed by atoms with Crippen molar-refractivity contribution in [1.29, 1.82) is 5.41 Å². The molecular weight excluding hydrogens is 506 g/mol. The molecule has 8 N–H and O–H groups in total. The van der Waals surface area contributed by atoms with Gasteiger partial charge in [0.25, 0.3) is 5.91 Å². The van der Waals surface area contributed by atoms with Gasteiger partial charge < -0.3 is 41.4 Å². The fourth-order valence-corrected chi connectivity index (χ4v) is 4.25. The summed E-state index contributed by atoms with van der Waals surface area (Å²) in [6.45, 7) is 1.70. The molecule has 39 heavy (non-hydrogen) atoms. The largest absolute Gasteiger partial charge is 0.505 e. The summed E-state index contributed by atoms with van der Waals surface area (Å²) < 4.78 is 5.02. The molecule has 0 spiro atoms. The maximum Gasteiger partial charge on any atom is 0.330 e. The first kappa shape index (κ1) is 27.0. The molecule has 1 aromatic heterocycles. The molecule has 13 nitrogen and oxygen atoms in total. The Morgan fingerprint density at radius 3 is 2.59 bits per heavy atom. The number of anilines is 1. The van der Waals surface area contributed by atoms with Gasteiger partial charge in [-0.25, -0.2) is 9.59 Å². The Hall–Kier alpha value is -5.07. The van der Waals surface area contributed by atoms with Crippen molar-refractivity contribution < 1.29 is 29.0 Å². The number of nitrogens with one attached hydrogen (secondary N) is 5. The summed E-state index contributed by atoms with van der Waals surface area (Å²) in [4.78, 5) is 55.1. The minimum atomic E-state index is -1.26. The molecule has 204 valence electrons. The molecule has 2 heterocycles. The van der Waals surface area contributed by atoms with Crippen molar-refractivity contribution in [1.82, 2.24) is 20.9 Å². The topological polar surface area (TPSA) is 203 Å². The van der Waals surface area contributed by atoms with E-state index in [1.807, 2.05) is 0 Å². The Kier molecular flexibility index (Phi) is 7.98. The number of nitrogen functional groups attached to an aromatic ring is 1. The summed E-state index contributed by atoms with van der Waals surface area (Å²) in [7, 11) is 0. The van der Waals surface area contributed by atoms with E-state index in [2.05, 4.69) is 20.9 Å². The summed E-state index contributed by atoms with van der Waals surface area (Å²) in [5, 5.41) is 25.9. The highest BCUT2D eigenvalue weighted by Gasteiger charge is 2.34. The molecule has 1 saturated heterocycles. The monoisotopic (exact) mass is 535 g/mol. The van der Waals surface area contributed by atoms with Crippen LogP contribution in [0.25, 0.3) is 10.9 Å². The number of ether oxygens (including phenoxy) is 1. The van der Waals surface area contributed by atoms with Crippen LogP contribution in [0.5, 0.6) is 5.75 Å². The highest BCUT2D eigenvalue weighted by Crippen LogP contribution is 2.28. The van der Waals surface area contributed by atoms with Gasteiger partial charge in [-0.3, -0.25) is 15.0 Å². The van der Waals surface area contributed by atoms with E-state index in [0.717, 1.165) is 0 Å². The molecule has 4 amide bonds. The molecule has 2 aromatic carbocycles. The molecular formula is C26H29N7O6. The molecule has 0 saturated carbocycles. The van der Waals surface area contributed by atoms with Gasteiger partial charge in [0, 0.05) is 28.7 Å². The van der Waals surface area contributed by atoms with Crippen LogP contribution in [0.15, 0.2) is 48.5 Å². The van der Waals surface area contributed by atoms with Gasteiger partial charge in [-0.15, -0.1) is 0 Å². The molecule has 0 aliphatic carbocycles. The third-order valence-corrected chi connectivity index (χ3v) is 6.25. The third kappa shape index (κ3) is 5.92. The van der Waals surface area contributed by atoms with E-state index in [0.29, 0.717) is 35.1 Å². The molecule has 0 radical (unpaired) electrons. The molecule has 1 fully saturated rings. The van der Waals surface area contributed by atoms with E-state index < -0.39 is 30.0 Å². The summed E-state index contributed by atoms with van der Waals surface area (Å²) in [5.74, 6) is -2.21. The molecule has 1 aliphatic rings. The molecule has 3 aromatic rings. The first-order chi connectivity index (χ1) is 18.7. The maximum absolute atomic E-state index is 12.9. The second-order valence-electron chi connectivity index (χ2n) is 8.82. The fraction of sp³-hybridized carbons (Fsp3) is 0.269. The van der Waals surface area contributed by atoms with Crippen molar-refractivity contribution in [3.63, 3.8) is 0 Å². The number of rotatable bonds is 9. The molecule has 13 heteroatoms. The SMILES string of the molecule is CCOC(=O)[C@H](CNC(=O)NC1CCN(c2ccc(C(=N)N)cc2)C1=O)NC(=O)c1[nH]c2ccccc2c1O. The summed E-state index contributed by atoms with van der Waals surface area (Å²) in [6, 6.07) is 10.6. The first-order valence-electron chi connectivity index (χ1n) is 12.3. The molecule has 0 bridgehead atoms. The van der Waals surface area contributed by atoms with Crippen molar-refractivity contribution in [3.05, 3.63) is 59.8 Å². The number of benzene rings is 2. The summed E-state index contributed by atoms with van der Waals surface area (Å²) in [5.41, 5.74) is 7.01. The predicted molar refractivity (Wildman–Crippen MR) is 143 cm³/mol.